The number of rotatable bonds is 22. The van der Waals surface area contributed by atoms with Gasteiger partial charge in [-0.3, -0.25) is 0 Å². The topological polar surface area (TPSA) is 118 Å². The highest BCUT2D eigenvalue weighted by molar-refractivity contribution is 7.98. The van der Waals surface area contributed by atoms with Crippen molar-refractivity contribution in [3.8, 4) is 5.75 Å². The summed E-state index contributed by atoms with van der Waals surface area (Å²) < 4.78 is 62.6. The van der Waals surface area contributed by atoms with E-state index in [0.717, 1.165) is 20.9 Å². The molecule has 5 atom stereocenters. The lowest BCUT2D eigenvalue weighted by Crippen LogP contribution is -2.39. The second-order valence-electron chi connectivity index (χ2n) is 15.4. The van der Waals surface area contributed by atoms with Crippen molar-refractivity contribution >= 4 is 55.4 Å². The molecular weight excluding hydrogens is 877 g/mol. The summed E-state index contributed by atoms with van der Waals surface area (Å²) in [6.45, 7) is 3.45. The summed E-state index contributed by atoms with van der Waals surface area (Å²) in [6, 6.07) is 39.6. The highest BCUT2D eigenvalue weighted by Gasteiger charge is 2.39. The van der Waals surface area contributed by atoms with Gasteiger partial charge in [-0.05, 0) is 123 Å². The number of hydrogen-bond acceptors (Lipinski definition) is 9. The predicted molar refractivity (Wildman–Crippen MR) is 268 cm³/mol. The summed E-state index contributed by atoms with van der Waals surface area (Å²) in [7, 11) is -6.52. The molecule has 0 aromatic heterocycles. The number of sulfone groups is 2. The first-order valence-electron chi connectivity index (χ1n) is 21.0. The van der Waals surface area contributed by atoms with Crippen LogP contribution in [0.2, 0.25) is 0 Å². The van der Waals surface area contributed by atoms with Gasteiger partial charge in [-0.1, -0.05) is 133 Å². The van der Waals surface area contributed by atoms with Crippen molar-refractivity contribution in [2.24, 2.45) is 0 Å². The molecule has 0 saturated carbocycles. The van der Waals surface area contributed by atoms with Crippen LogP contribution >= 0.6 is 23.5 Å². The molecule has 2 N–H and O–H groups in total. The van der Waals surface area contributed by atoms with Crippen LogP contribution in [0, 0.1) is 0 Å². The molecule has 0 saturated heterocycles. The average Bonchev–Trinajstić information content (AvgIpc) is 3.31. The Bertz CT molecular complexity index is 2600. The van der Waals surface area contributed by atoms with Crippen LogP contribution in [0.15, 0.2) is 201 Å². The fourth-order valence-electron chi connectivity index (χ4n) is 7.52. The molecule has 0 spiro atoms. The van der Waals surface area contributed by atoms with E-state index in [0.29, 0.717) is 28.9 Å². The van der Waals surface area contributed by atoms with Gasteiger partial charge >= 0.3 is 0 Å². The third kappa shape index (κ3) is 13.6. The molecule has 5 rings (SSSR count). The van der Waals surface area contributed by atoms with Crippen LogP contribution < -0.4 is 4.74 Å². The van der Waals surface area contributed by atoms with Gasteiger partial charge in [0, 0.05) is 15.7 Å². The summed E-state index contributed by atoms with van der Waals surface area (Å²) in [5.41, 5.74) is 3.60. The number of methoxy groups -OCH3 is 1. The molecular formula is C53H58O7S4. The average molecular weight is 935 g/mol. The normalized spacial score (nSPS) is 15.4. The van der Waals surface area contributed by atoms with Gasteiger partial charge in [0.2, 0.25) is 0 Å². The maximum Gasteiger partial charge on any atom is 0.187 e. The number of aliphatic hydroxyl groups excluding tert-OH is 2. The Morgan fingerprint density at radius 3 is 1.52 bits per heavy atom. The minimum Gasteiger partial charge on any atom is -0.497 e. The number of hydrogen-bond donors (Lipinski definition) is 2. The largest absolute Gasteiger partial charge is 0.497 e. The van der Waals surface area contributed by atoms with Gasteiger partial charge in [0.15, 0.2) is 19.7 Å². The highest BCUT2D eigenvalue weighted by Crippen LogP contribution is 2.35. The van der Waals surface area contributed by atoms with Crippen molar-refractivity contribution in [3.05, 3.63) is 198 Å². The van der Waals surface area contributed by atoms with E-state index in [1.165, 1.54) is 0 Å². The second-order valence-corrected chi connectivity index (χ2v) is 21.3. The minimum atomic E-state index is -4.10. The number of ether oxygens (including phenoxy) is 1. The zero-order valence-electron chi connectivity index (χ0n) is 36.9. The van der Waals surface area contributed by atoms with Crippen molar-refractivity contribution in [2.45, 2.75) is 81.3 Å². The molecule has 0 aliphatic heterocycles. The van der Waals surface area contributed by atoms with Crippen LogP contribution in [0.5, 0.6) is 5.75 Å². The first-order valence-corrected chi connectivity index (χ1v) is 26.5. The Morgan fingerprint density at radius 2 is 1.06 bits per heavy atom. The Hall–Kier alpha value is -4.88. The lowest BCUT2D eigenvalue weighted by molar-refractivity contribution is 0.145. The van der Waals surface area contributed by atoms with E-state index < -0.39 is 48.3 Å². The SMILES string of the molecule is COc1ccc(C(C/C=C/CCC(O)C(/C(C)=C/C=C/c2ccc(SC)cc2)S(=O)(=O)c2ccccc2)C(O)C(/C(C)=C/C=C/c2ccc(SC)cc2)S(=O)(=O)c2ccccc2)cc1. The van der Waals surface area contributed by atoms with Crippen molar-refractivity contribution < 1.29 is 31.8 Å². The summed E-state index contributed by atoms with van der Waals surface area (Å²) in [6.07, 6.45) is 16.7. The summed E-state index contributed by atoms with van der Waals surface area (Å²) in [4.78, 5) is 2.50. The molecule has 5 aromatic carbocycles. The van der Waals surface area contributed by atoms with E-state index in [9.17, 15) is 27.0 Å². The molecule has 7 nitrogen and oxygen atoms in total. The zero-order valence-corrected chi connectivity index (χ0v) is 40.2. The standard InChI is InChI=1S/C53H58O7S4/c1-39(17-15-19-41-27-35-45(61-4)36-28-41)52(63(56,57)47-21-9-6-10-22-47)50(54)26-14-8-13-25-49(43-31-33-44(60-3)34-32-43)51(55)53(64(58,59)48-23-11-7-12-24-48)40(2)18-16-20-42-29-37-46(62-5)38-30-42/h6-13,15-24,27-38,49-55H,14,25-26H2,1-5H3/b13-8+,19-15+,20-16+,39-17+,40-18+. The maximum absolute atomic E-state index is 14.5. The minimum absolute atomic E-state index is 0.103. The molecule has 0 bridgehead atoms. The predicted octanol–water partition coefficient (Wildman–Crippen LogP) is 11.7. The quantitative estimate of drug-likeness (QED) is 0.0397. The van der Waals surface area contributed by atoms with Gasteiger partial charge in [-0.2, -0.15) is 0 Å². The first-order chi connectivity index (χ1) is 30.8. The molecule has 0 amide bonds. The van der Waals surface area contributed by atoms with Crippen molar-refractivity contribution in [1.82, 2.24) is 0 Å². The molecule has 0 aliphatic rings. The van der Waals surface area contributed by atoms with E-state index in [2.05, 4.69) is 0 Å². The Balaban J connectivity index is 1.42. The lowest BCUT2D eigenvalue weighted by Gasteiger charge is -2.30. The van der Waals surface area contributed by atoms with E-state index in [1.54, 1.807) is 142 Å². The Kier molecular flexibility index (Phi) is 19.1. The smallest absolute Gasteiger partial charge is 0.187 e. The van der Waals surface area contributed by atoms with Gasteiger partial charge in [0.1, 0.15) is 16.2 Å². The highest BCUT2D eigenvalue weighted by atomic mass is 32.2. The van der Waals surface area contributed by atoms with Crippen molar-refractivity contribution in [3.63, 3.8) is 0 Å². The van der Waals surface area contributed by atoms with Crippen LogP contribution in [0.4, 0.5) is 0 Å². The van der Waals surface area contributed by atoms with Crippen molar-refractivity contribution in [2.75, 3.05) is 19.6 Å². The van der Waals surface area contributed by atoms with Crippen LogP contribution in [0.1, 0.15) is 55.7 Å². The van der Waals surface area contributed by atoms with E-state index >= 15 is 0 Å². The monoisotopic (exact) mass is 934 g/mol. The Morgan fingerprint density at radius 1 is 0.609 bits per heavy atom. The molecule has 336 valence electrons. The fourth-order valence-corrected chi connectivity index (χ4v) is 12.2. The maximum atomic E-state index is 14.5. The van der Waals surface area contributed by atoms with Crippen LogP contribution in [-0.2, 0) is 19.7 Å². The molecule has 64 heavy (non-hydrogen) atoms. The van der Waals surface area contributed by atoms with E-state index in [1.807, 2.05) is 97.5 Å². The summed E-state index contributed by atoms with van der Waals surface area (Å²) >= 11 is 3.30. The van der Waals surface area contributed by atoms with Gasteiger partial charge in [-0.15, -0.1) is 23.5 Å². The third-order valence-corrected chi connectivity index (χ3v) is 17.1. The third-order valence-electron chi connectivity index (χ3n) is 11.0. The molecule has 5 unspecified atom stereocenters. The van der Waals surface area contributed by atoms with Gasteiger partial charge in [0.05, 0.1) is 29.1 Å². The molecule has 5 aromatic rings. The number of benzene rings is 5. The summed E-state index contributed by atoms with van der Waals surface area (Å²) in [5.74, 6) is -0.0616. The first kappa shape index (κ1) is 50.1. The fraction of sp³-hybridized carbons (Fsp3) is 0.245. The van der Waals surface area contributed by atoms with Crippen LogP contribution in [0.3, 0.4) is 0 Å². The molecule has 0 fully saturated rings. The van der Waals surface area contributed by atoms with Gasteiger partial charge in [0.25, 0.3) is 0 Å². The molecule has 0 heterocycles. The number of thioether (sulfide) groups is 2. The van der Waals surface area contributed by atoms with E-state index in [4.69, 9.17) is 4.74 Å². The second kappa shape index (κ2) is 24.4. The van der Waals surface area contributed by atoms with Crippen LogP contribution in [-0.4, -0.2) is 69.4 Å². The van der Waals surface area contributed by atoms with Crippen molar-refractivity contribution in [1.29, 1.82) is 0 Å². The van der Waals surface area contributed by atoms with Crippen LogP contribution in [0.25, 0.3) is 12.2 Å². The van der Waals surface area contributed by atoms with Gasteiger partial charge < -0.3 is 14.9 Å². The molecule has 0 aliphatic carbocycles. The number of aliphatic hydroxyl groups is 2. The molecule has 0 radical (unpaired) electrons. The molecule has 11 heteroatoms. The van der Waals surface area contributed by atoms with Gasteiger partial charge in [-0.25, -0.2) is 16.8 Å². The zero-order chi connectivity index (χ0) is 46.1. The Labute approximate surface area is 389 Å². The van der Waals surface area contributed by atoms with E-state index in [-0.39, 0.29) is 22.6 Å². The lowest BCUT2D eigenvalue weighted by atomic mass is 9.86. The summed E-state index contributed by atoms with van der Waals surface area (Å²) in [5, 5.41) is 21.6. The number of allylic oxidation sites excluding steroid dienone is 6.